The van der Waals surface area contributed by atoms with E-state index < -0.39 is 25.7 Å². The van der Waals surface area contributed by atoms with Crippen molar-refractivity contribution in [2.24, 2.45) is 11.8 Å². The topological polar surface area (TPSA) is 210 Å². The number of aliphatic hydroxyl groups excluding tert-OH is 1. The molecule has 1 unspecified atom stereocenters. The first-order chi connectivity index (χ1) is 27.8. The molecule has 0 saturated carbocycles. The predicted molar refractivity (Wildman–Crippen MR) is 215 cm³/mol. The molecule has 60 heavy (non-hydrogen) atoms. The summed E-state index contributed by atoms with van der Waals surface area (Å²) in [6, 6.07) is 19.9. The van der Waals surface area contributed by atoms with Gasteiger partial charge in [-0.25, -0.2) is 0 Å². The van der Waals surface area contributed by atoms with Crippen LogP contribution in [0.1, 0.15) is 120 Å². The molecule has 0 bridgehead atoms. The number of aliphatic hydroxyl groups is 2. The molecule has 2 N–H and O–H groups in total. The van der Waals surface area contributed by atoms with Gasteiger partial charge in [-0.05, 0) is 143 Å². The van der Waals surface area contributed by atoms with Crippen LogP contribution in [0.2, 0.25) is 0 Å². The number of carbonyl (C=O) groups is 3. The molecule has 11 nitrogen and oxygen atoms in total. The number of Topliss-reactive ketones (excluding diaryl/α,β-unsaturated/α-hetero) is 3. The maximum atomic E-state index is 12.6. The zero-order valence-electron chi connectivity index (χ0n) is 35.6. The second-order valence-electron chi connectivity index (χ2n) is 15.9. The van der Waals surface area contributed by atoms with Crippen molar-refractivity contribution < 1.29 is 88.0 Å². The van der Waals surface area contributed by atoms with E-state index in [0.29, 0.717) is 12.8 Å². The zero-order valence-corrected chi connectivity index (χ0v) is 39.8. The van der Waals surface area contributed by atoms with E-state index in [1.807, 2.05) is 38.1 Å². The summed E-state index contributed by atoms with van der Waals surface area (Å²) < 4.78 is 34.5. The molecule has 0 fully saturated rings. The van der Waals surface area contributed by atoms with Crippen LogP contribution in [0.4, 0.5) is 0 Å². The van der Waals surface area contributed by atoms with Gasteiger partial charge in [0.05, 0.1) is 12.2 Å². The van der Waals surface area contributed by atoms with Gasteiger partial charge in [-0.1, -0.05) is 59.7 Å². The Bertz CT molecular complexity index is 2150. The molecule has 314 valence electrons. The molecule has 0 radical (unpaired) electrons. The number of hydrogen-bond acceptors (Lipinski definition) is 11. The van der Waals surface area contributed by atoms with Crippen molar-refractivity contribution in [3.63, 3.8) is 0 Å². The number of pyridine rings is 2. The van der Waals surface area contributed by atoms with E-state index >= 15 is 0 Å². The number of ketones is 3. The normalized spacial score (nSPS) is 17.5. The number of hydrogen-bond donors (Lipinski definition) is 2. The van der Waals surface area contributed by atoms with Crippen molar-refractivity contribution in [3.05, 3.63) is 141 Å². The monoisotopic (exact) mass is 940 g/mol. The molecule has 13 heteroatoms. The van der Waals surface area contributed by atoms with Crippen LogP contribution >= 0.6 is 0 Å². The van der Waals surface area contributed by atoms with Gasteiger partial charge in [0, 0.05) is 54.7 Å². The molecular weight excluding hydrogens is 886 g/mol. The molecule has 0 saturated heterocycles. The Morgan fingerprint density at radius 3 is 1.48 bits per heavy atom. The van der Waals surface area contributed by atoms with Gasteiger partial charge in [-0.15, -0.1) is 0 Å². The first kappa shape index (κ1) is 51.1. The molecule has 2 aromatic carbocycles. The van der Waals surface area contributed by atoms with Crippen LogP contribution in [-0.2, 0) is 17.6 Å². The fourth-order valence-corrected chi connectivity index (χ4v) is 7.65. The van der Waals surface area contributed by atoms with Crippen LogP contribution in [0.15, 0.2) is 96.6 Å². The second kappa shape index (κ2) is 23.2. The molecule has 6 rings (SSSR count). The van der Waals surface area contributed by atoms with Crippen molar-refractivity contribution in [1.82, 2.24) is 9.97 Å². The number of carbonyl (C=O) groups excluding carboxylic acids is 3. The van der Waals surface area contributed by atoms with Gasteiger partial charge < -0.3 is 10.2 Å². The van der Waals surface area contributed by atoms with Crippen LogP contribution in [0.3, 0.4) is 0 Å². The number of halogens is 1. The quantitative estimate of drug-likeness (QED) is 0.0991. The fraction of sp³-hybridized carbons (Fsp3) is 0.383. The van der Waals surface area contributed by atoms with E-state index in [1.165, 1.54) is 27.9 Å². The maximum absolute atomic E-state index is 12.6. The van der Waals surface area contributed by atoms with Gasteiger partial charge in [0.15, 0.2) is 11.6 Å². The molecular formula is C47H54IN2NaO9. The van der Waals surface area contributed by atoms with Crippen LogP contribution in [0.25, 0.3) is 11.1 Å². The third-order valence-electron chi connectivity index (χ3n) is 11.4. The van der Waals surface area contributed by atoms with Crippen LogP contribution in [0.5, 0.6) is 0 Å². The third kappa shape index (κ3) is 15.3. The first-order valence-electron chi connectivity index (χ1n) is 19.7. The van der Waals surface area contributed by atoms with Crippen molar-refractivity contribution in [3.8, 4) is 0 Å². The van der Waals surface area contributed by atoms with E-state index in [4.69, 9.17) is 13.7 Å². The summed E-state index contributed by atoms with van der Waals surface area (Å²) in [5, 5.41) is 20.0. The van der Waals surface area contributed by atoms with Crippen molar-refractivity contribution in [2.75, 3.05) is 6.61 Å². The predicted octanol–water partition coefficient (Wildman–Crippen LogP) is -1.64. The van der Waals surface area contributed by atoms with Crippen LogP contribution in [-0.4, -0.2) is 49.7 Å². The number of aryl methyl sites for hydroxylation is 2. The van der Waals surface area contributed by atoms with Crippen LogP contribution < -0.4 is 63.4 Å². The smallest absolute Gasteiger partial charge is 0.393 e. The molecule has 0 spiro atoms. The van der Waals surface area contributed by atoms with E-state index in [2.05, 4.69) is 48.1 Å². The Kier molecular flexibility index (Phi) is 19.8. The molecule has 3 atom stereocenters. The van der Waals surface area contributed by atoms with Gasteiger partial charge in [0.1, 0.15) is 25.9 Å². The Balaban J connectivity index is 0.000000284. The van der Waals surface area contributed by atoms with E-state index in [1.54, 1.807) is 50.8 Å². The second-order valence-corrected chi connectivity index (χ2v) is 18.0. The van der Waals surface area contributed by atoms with Gasteiger partial charge >= 0.3 is 29.6 Å². The minimum atomic E-state index is -5.94. The molecule has 2 heterocycles. The number of allylic oxidation sites excluding steroid dienone is 4. The van der Waals surface area contributed by atoms with E-state index in [-0.39, 0.29) is 65.3 Å². The molecule has 0 aliphatic heterocycles. The Labute approximate surface area is 381 Å². The number of benzene rings is 2. The summed E-state index contributed by atoms with van der Waals surface area (Å²) in [5.74, 6) is 0.684. The van der Waals surface area contributed by atoms with Crippen molar-refractivity contribution in [1.29, 1.82) is 0 Å². The van der Waals surface area contributed by atoms with E-state index in [0.717, 1.165) is 77.5 Å². The summed E-state index contributed by atoms with van der Waals surface area (Å²) in [6.45, 7) is 11.3. The third-order valence-corrected chi connectivity index (χ3v) is 11.4. The minimum absolute atomic E-state index is 0. The molecule has 2 aliphatic carbocycles. The molecule has 4 aromatic rings. The first-order valence-corrected chi connectivity index (χ1v) is 23.2. The fourth-order valence-electron chi connectivity index (χ4n) is 7.65. The minimum Gasteiger partial charge on any atom is -0.393 e. The largest absolute Gasteiger partial charge is 1.00 e. The number of aromatic nitrogens is 2. The number of nitrogens with zero attached hydrogens (tertiary/aromatic N) is 2. The van der Waals surface area contributed by atoms with Gasteiger partial charge in [0.25, 0.3) is 0 Å². The number of rotatable bonds is 11. The standard InChI is InChI=1S/C24H29NO3.C23H25NO2.IO4.Na/c1-16-4-9-20(24(3,28)15-26)13-22(16)19-7-5-18(6-8-19)12-23(27)21-10-11-25-14-17(21)2;1-15-4-7-20(17(3)25)13-22(15)19-8-5-18(6-9-19)12-23(26)21-10-11-24-14-16(21)2;2-1(3,4)5;/h5-8,10-11,14,20,26,28H,4,9,12-13,15H2,1-3H3;5-6,8-11,14,20H,4,7,12-13H2,1-3H3;;/q;;-1;+1/t20-,24?;20-;;/m01../s1. The van der Waals surface area contributed by atoms with Gasteiger partial charge in [0.2, 0.25) is 0 Å². The van der Waals surface area contributed by atoms with Crippen molar-refractivity contribution in [2.45, 2.75) is 98.5 Å². The molecule has 2 aromatic heterocycles. The summed E-state index contributed by atoms with van der Waals surface area (Å²) >= 11 is -5.94. The van der Waals surface area contributed by atoms with Crippen LogP contribution in [0, 0.1) is 25.7 Å². The zero-order chi connectivity index (χ0) is 43.5. The molecule has 2 aliphatic rings. The van der Waals surface area contributed by atoms with E-state index in [9.17, 15) is 24.6 Å². The summed E-state index contributed by atoms with van der Waals surface area (Å²) in [7, 11) is 0. The average molecular weight is 941 g/mol. The summed E-state index contributed by atoms with van der Waals surface area (Å²) in [6.07, 6.45) is 12.9. The Morgan fingerprint density at radius 2 is 1.10 bits per heavy atom. The SMILES string of the molecule is CC(=O)[C@@H]1CCC(C)=C(c2ccc(CC(=O)c3ccncc3C)cc2)C1.CC1=C(c2ccc(CC(=O)c3ccncc3C)cc2)C[C@@H](C(C)(O)CO)CC1.[Na+].[O-][I+3]([O-])([O-])[O-]. The Morgan fingerprint density at radius 1 is 0.700 bits per heavy atom. The van der Waals surface area contributed by atoms with Gasteiger partial charge in [-0.2, -0.15) is 0 Å². The Hall–Kier alpha value is -3.28. The summed E-state index contributed by atoms with van der Waals surface area (Å²) in [5.41, 5.74) is 11.7. The van der Waals surface area contributed by atoms with Gasteiger partial charge in [-0.3, -0.25) is 38.1 Å². The molecule has 0 amide bonds. The van der Waals surface area contributed by atoms with Crippen molar-refractivity contribution >= 4 is 28.5 Å². The summed E-state index contributed by atoms with van der Waals surface area (Å²) in [4.78, 5) is 44.9. The maximum Gasteiger partial charge on any atom is 1.00 e. The average Bonchev–Trinajstić information content (AvgIpc) is 3.19.